The lowest BCUT2D eigenvalue weighted by Crippen LogP contribution is -2.52. The van der Waals surface area contributed by atoms with Crippen LogP contribution in [0.1, 0.15) is 194 Å². The third kappa shape index (κ3) is 23.9. The van der Waals surface area contributed by atoms with Crippen LogP contribution in [0.15, 0.2) is 24.3 Å². The topological polar surface area (TPSA) is 118 Å². The van der Waals surface area contributed by atoms with Crippen LogP contribution in [0, 0.1) is 0 Å². The highest BCUT2D eigenvalue weighted by molar-refractivity contribution is 7.91. The number of carbonyl (C=O) groups excluding carboxylic acids is 2. The summed E-state index contributed by atoms with van der Waals surface area (Å²) in [4.78, 5) is 38.2. The van der Waals surface area contributed by atoms with Crippen molar-refractivity contribution < 1.29 is 24.6 Å². The third-order valence-corrected chi connectivity index (χ3v) is 11.4. The zero-order chi connectivity index (χ0) is 34.1. The Morgan fingerprint density at radius 1 is 0.522 bits per heavy atom. The van der Waals surface area contributed by atoms with Gasteiger partial charge in [0.15, 0.2) is 16.3 Å². The van der Waals surface area contributed by atoms with Gasteiger partial charge in [-0.1, -0.05) is 141 Å². The smallest absolute Gasteiger partial charge is 0.331 e. The summed E-state index contributed by atoms with van der Waals surface area (Å²) in [6.07, 6.45) is 39.2. The van der Waals surface area contributed by atoms with Gasteiger partial charge in [0.2, 0.25) is 0 Å². The molecule has 0 aromatic heterocycles. The SMILES string of the molecule is CCCCCCCCC=CCCCCCCCC(=O)P(C(=O)CCCCCCCC=CCCCCCCCC)C(N)(CO)C(=O)O. The molecule has 1 unspecified atom stereocenters. The van der Waals surface area contributed by atoms with Crippen molar-refractivity contribution >= 4 is 24.9 Å². The van der Waals surface area contributed by atoms with Crippen LogP contribution in [0.3, 0.4) is 0 Å². The summed E-state index contributed by atoms with van der Waals surface area (Å²) in [7, 11) is -2.32. The van der Waals surface area contributed by atoms with Gasteiger partial charge in [-0.25, -0.2) is 4.79 Å². The largest absolute Gasteiger partial charge is 0.480 e. The monoisotopic (exact) mass is 666 g/mol. The number of hydrogen-bond acceptors (Lipinski definition) is 5. The lowest BCUT2D eigenvalue weighted by Gasteiger charge is -2.30. The van der Waals surface area contributed by atoms with Crippen molar-refractivity contribution in [2.45, 2.75) is 199 Å². The maximum absolute atomic E-state index is 13.1. The fraction of sp³-hybridized carbons (Fsp3) is 0.821. The predicted molar refractivity (Wildman–Crippen MR) is 197 cm³/mol. The van der Waals surface area contributed by atoms with Crippen LogP contribution in [0.4, 0.5) is 0 Å². The maximum atomic E-state index is 13.1. The normalized spacial score (nSPS) is 13.8. The maximum Gasteiger partial charge on any atom is 0.331 e. The Morgan fingerprint density at radius 2 is 0.804 bits per heavy atom. The van der Waals surface area contributed by atoms with E-state index in [0.717, 1.165) is 64.2 Å². The van der Waals surface area contributed by atoms with Gasteiger partial charge in [-0.3, -0.25) is 9.59 Å². The molecule has 0 saturated heterocycles. The average Bonchev–Trinajstić information content (AvgIpc) is 3.04. The van der Waals surface area contributed by atoms with E-state index in [1.165, 1.54) is 89.9 Å². The second-order valence-corrected chi connectivity index (χ2v) is 15.6. The molecule has 1 atom stereocenters. The molecule has 7 heteroatoms. The van der Waals surface area contributed by atoms with Crippen molar-refractivity contribution in [2.75, 3.05) is 6.61 Å². The van der Waals surface area contributed by atoms with Crippen LogP contribution in [0.25, 0.3) is 0 Å². The van der Waals surface area contributed by atoms with E-state index in [1.54, 1.807) is 0 Å². The lowest BCUT2D eigenvalue weighted by molar-refractivity contribution is -0.141. The second kappa shape index (κ2) is 32.2. The molecule has 4 N–H and O–H groups in total. The highest BCUT2D eigenvalue weighted by Gasteiger charge is 2.49. The summed E-state index contributed by atoms with van der Waals surface area (Å²) in [5.74, 6) is -1.48. The van der Waals surface area contributed by atoms with Crippen molar-refractivity contribution in [2.24, 2.45) is 5.73 Å². The molecule has 0 heterocycles. The summed E-state index contributed by atoms with van der Waals surface area (Å²) >= 11 is 0. The summed E-state index contributed by atoms with van der Waals surface area (Å²) < 4.78 is 0. The first-order valence-corrected chi connectivity index (χ1v) is 20.5. The number of carboxylic acids is 1. The summed E-state index contributed by atoms with van der Waals surface area (Å²) in [5, 5.41) is 17.3. The molecule has 0 spiro atoms. The number of unbranched alkanes of at least 4 members (excludes halogenated alkanes) is 22. The molecular formula is C39H72NO5P. The number of nitrogens with two attached hydrogens (primary N) is 1. The van der Waals surface area contributed by atoms with E-state index in [0.29, 0.717) is 12.8 Å². The van der Waals surface area contributed by atoms with Gasteiger partial charge in [0.25, 0.3) is 0 Å². The molecule has 0 rings (SSSR count). The van der Waals surface area contributed by atoms with E-state index >= 15 is 0 Å². The first-order chi connectivity index (χ1) is 22.3. The summed E-state index contributed by atoms with van der Waals surface area (Å²) in [6.45, 7) is 3.58. The number of aliphatic hydroxyl groups is 1. The molecule has 0 aliphatic heterocycles. The fourth-order valence-electron chi connectivity index (χ4n) is 5.74. The Bertz CT molecular complexity index is 762. The molecule has 268 valence electrons. The van der Waals surface area contributed by atoms with E-state index < -0.39 is 25.8 Å². The number of rotatable bonds is 35. The minimum atomic E-state index is -2.32. The zero-order valence-corrected chi connectivity index (χ0v) is 30.9. The van der Waals surface area contributed by atoms with Gasteiger partial charge in [-0.05, 0) is 64.2 Å². The van der Waals surface area contributed by atoms with Crippen molar-refractivity contribution in [1.82, 2.24) is 0 Å². The molecule has 0 bridgehead atoms. The lowest BCUT2D eigenvalue weighted by atomic mass is 10.1. The molecular weight excluding hydrogens is 593 g/mol. The molecule has 0 amide bonds. The standard InChI is InChI=1S/C39H72NO5P/c1-3-5-7-9-11-13-15-17-19-21-23-25-27-29-31-33-36(42)46(39(40,35-41)38(44)45)37(43)34-32-30-28-26-24-22-20-18-16-14-12-10-8-6-4-2/h17-20,41H,3-16,21-35,40H2,1-2H3,(H,44,45). The first kappa shape index (κ1) is 44.6. The molecule has 0 aromatic carbocycles. The summed E-state index contributed by atoms with van der Waals surface area (Å²) in [6, 6.07) is 0. The minimum absolute atomic E-state index is 0.147. The molecule has 0 saturated carbocycles. The van der Waals surface area contributed by atoms with Gasteiger partial charge in [0.1, 0.15) is 0 Å². The Labute approximate surface area is 284 Å². The number of aliphatic carboxylic acids is 1. The van der Waals surface area contributed by atoms with E-state index in [4.69, 9.17) is 5.73 Å². The highest BCUT2D eigenvalue weighted by atomic mass is 31.1. The van der Waals surface area contributed by atoms with Crippen LogP contribution >= 0.6 is 7.92 Å². The number of hydrogen-bond donors (Lipinski definition) is 3. The van der Waals surface area contributed by atoms with Crippen LogP contribution in [-0.4, -0.2) is 39.1 Å². The van der Waals surface area contributed by atoms with Crippen molar-refractivity contribution in [3.63, 3.8) is 0 Å². The van der Waals surface area contributed by atoms with Gasteiger partial charge in [0, 0.05) is 12.8 Å². The van der Waals surface area contributed by atoms with E-state index in [9.17, 15) is 24.6 Å². The Balaban J connectivity index is 4.25. The van der Waals surface area contributed by atoms with Crippen LogP contribution in [-0.2, 0) is 14.4 Å². The van der Waals surface area contributed by atoms with Crippen LogP contribution < -0.4 is 5.73 Å². The molecule has 0 aromatic rings. The highest BCUT2D eigenvalue weighted by Crippen LogP contribution is 2.50. The van der Waals surface area contributed by atoms with Gasteiger partial charge in [-0.2, -0.15) is 0 Å². The second-order valence-electron chi connectivity index (χ2n) is 13.2. The molecule has 0 aliphatic carbocycles. The number of allylic oxidation sites excluding steroid dienone is 4. The van der Waals surface area contributed by atoms with Gasteiger partial charge >= 0.3 is 5.97 Å². The third-order valence-electron chi connectivity index (χ3n) is 8.81. The van der Waals surface area contributed by atoms with E-state index in [2.05, 4.69) is 38.2 Å². The Morgan fingerprint density at radius 3 is 1.09 bits per heavy atom. The quantitative estimate of drug-likeness (QED) is 0.0352. The molecule has 6 nitrogen and oxygen atoms in total. The minimum Gasteiger partial charge on any atom is -0.480 e. The zero-order valence-electron chi connectivity index (χ0n) is 30.0. The van der Waals surface area contributed by atoms with Crippen molar-refractivity contribution in [3.8, 4) is 0 Å². The van der Waals surface area contributed by atoms with Gasteiger partial charge < -0.3 is 15.9 Å². The van der Waals surface area contributed by atoms with Crippen molar-refractivity contribution in [1.29, 1.82) is 0 Å². The molecule has 0 radical (unpaired) electrons. The molecule has 0 fully saturated rings. The molecule has 46 heavy (non-hydrogen) atoms. The summed E-state index contributed by atoms with van der Waals surface area (Å²) in [5.41, 5.74) is 5.25. The predicted octanol–water partition coefficient (Wildman–Crippen LogP) is 11.3. The van der Waals surface area contributed by atoms with Gasteiger partial charge in [0.05, 0.1) is 14.5 Å². The van der Waals surface area contributed by atoms with E-state index in [1.807, 2.05) is 0 Å². The van der Waals surface area contributed by atoms with E-state index in [-0.39, 0.29) is 23.9 Å². The fourth-order valence-corrected chi connectivity index (χ4v) is 8.00. The van der Waals surface area contributed by atoms with Crippen molar-refractivity contribution in [3.05, 3.63) is 24.3 Å². The molecule has 0 aliphatic rings. The Kier molecular flexibility index (Phi) is 31.2. The van der Waals surface area contributed by atoms with Gasteiger partial charge in [-0.15, -0.1) is 0 Å². The number of carbonyl (C=O) groups is 3. The number of carboxylic acid groups (broad SMARTS) is 1. The van der Waals surface area contributed by atoms with Crippen LogP contribution in [0.5, 0.6) is 0 Å². The van der Waals surface area contributed by atoms with Crippen LogP contribution in [0.2, 0.25) is 0 Å². The first-order valence-electron chi connectivity index (χ1n) is 19.1. The Hall–Kier alpha value is -1.36. The average molecular weight is 666 g/mol. The number of aliphatic hydroxyl groups excluding tert-OH is 1.